The maximum absolute atomic E-state index is 10.4. The van der Waals surface area contributed by atoms with Gasteiger partial charge in [0.2, 0.25) is 0 Å². The number of carboxylic acid groups (broad SMARTS) is 1. The van der Waals surface area contributed by atoms with E-state index in [0.29, 0.717) is 6.61 Å². The van der Waals surface area contributed by atoms with Crippen molar-refractivity contribution < 1.29 is 14.6 Å². The molecule has 0 heterocycles. The van der Waals surface area contributed by atoms with Crippen molar-refractivity contribution >= 4 is 5.97 Å². The fraction of sp³-hybridized carbons (Fsp3) is 0.364. The molecule has 0 aliphatic heterocycles. The number of carboxylic acids is 1. The lowest BCUT2D eigenvalue weighted by molar-refractivity contribution is -0.149. The molecule has 0 amide bonds. The predicted molar refractivity (Wildman–Crippen MR) is 53.2 cm³/mol. The van der Waals surface area contributed by atoms with Gasteiger partial charge in [0.15, 0.2) is 6.10 Å². The zero-order valence-electron chi connectivity index (χ0n) is 8.14. The molecule has 0 spiro atoms. The van der Waals surface area contributed by atoms with Crippen molar-refractivity contribution in [3.8, 4) is 0 Å². The second kappa shape index (κ2) is 5.40. The van der Waals surface area contributed by atoms with Gasteiger partial charge in [0.25, 0.3) is 0 Å². The van der Waals surface area contributed by atoms with Crippen LogP contribution in [0.2, 0.25) is 0 Å². The van der Waals surface area contributed by atoms with Gasteiger partial charge in [-0.3, -0.25) is 0 Å². The third-order valence-corrected chi connectivity index (χ3v) is 1.95. The topological polar surface area (TPSA) is 46.5 Å². The summed E-state index contributed by atoms with van der Waals surface area (Å²) in [6.45, 7) is 1.98. The molecule has 0 bridgehead atoms. The Bertz CT molecular complexity index is 282. The van der Waals surface area contributed by atoms with Crippen LogP contribution < -0.4 is 0 Å². The van der Waals surface area contributed by atoms with E-state index in [9.17, 15) is 4.79 Å². The lowest BCUT2D eigenvalue weighted by Gasteiger charge is -2.07. The summed E-state index contributed by atoms with van der Waals surface area (Å²) in [6, 6.07) is 9.85. The van der Waals surface area contributed by atoms with Gasteiger partial charge in [-0.05, 0) is 18.9 Å². The van der Waals surface area contributed by atoms with Crippen LogP contribution in [-0.4, -0.2) is 23.8 Å². The molecule has 1 aromatic carbocycles. The third-order valence-electron chi connectivity index (χ3n) is 1.95. The summed E-state index contributed by atoms with van der Waals surface area (Å²) in [5.74, 6) is -0.918. The molecular formula is C11H14O3. The van der Waals surface area contributed by atoms with E-state index >= 15 is 0 Å². The predicted octanol–water partition coefficient (Wildman–Crippen LogP) is 1.72. The lowest BCUT2D eigenvalue weighted by Crippen LogP contribution is -2.20. The van der Waals surface area contributed by atoms with Gasteiger partial charge in [-0.1, -0.05) is 30.3 Å². The summed E-state index contributed by atoms with van der Waals surface area (Å²) in [4.78, 5) is 10.4. The highest BCUT2D eigenvalue weighted by Gasteiger charge is 2.09. The number of carbonyl (C=O) groups is 1. The van der Waals surface area contributed by atoms with Crippen molar-refractivity contribution in [1.82, 2.24) is 0 Å². The number of hydrogen-bond donors (Lipinski definition) is 1. The second-order valence-corrected chi connectivity index (χ2v) is 3.09. The molecule has 3 heteroatoms. The second-order valence-electron chi connectivity index (χ2n) is 3.09. The standard InChI is InChI=1S/C11H14O3/c1-9(11(12)13)14-8-7-10-5-3-2-4-6-10/h2-6,9H,7-8H2,1H3,(H,12,13)/t9-/m0/s1. The molecule has 1 N–H and O–H groups in total. The number of ether oxygens (including phenoxy) is 1. The summed E-state index contributed by atoms with van der Waals surface area (Å²) in [7, 11) is 0. The van der Waals surface area contributed by atoms with Crippen LogP contribution in [-0.2, 0) is 16.0 Å². The van der Waals surface area contributed by atoms with Crippen LogP contribution in [0.25, 0.3) is 0 Å². The molecule has 0 radical (unpaired) electrons. The van der Waals surface area contributed by atoms with Crippen molar-refractivity contribution in [1.29, 1.82) is 0 Å². The Morgan fingerprint density at radius 3 is 2.64 bits per heavy atom. The average molecular weight is 194 g/mol. The third kappa shape index (κ3) is 3.58. The molecule has 0 aliphatic carbocycles. The van der Waals surface area contributed by atoms with E-state index in [1.54, 1.807) is 0 Å². The number of hydrogen-bond acceptors (Lipinski definition) is 2. The number of aliphatic carboxylic acids is 1. The quantitative estimate of drug-likeness (QED) is 0.776. The van der Waals surface area contributed by atoms with Crippen molar-refractivity contribution in [2.45, 2.75) is 19.4 Å². The van der Waals surface area contributed by atoms with Gasteiger partial charge in [0.1, 0.15) is 0 Å². The maximum atomic E-state index is 10.4. The summed E-state index contributed by atoms with van der Waals surface area (Å²) < 4.78 is 5.11. The highest BCUT2D eigenvalue weighted by molar-refractivity contribution is 5.71. The van der Waals surface area contributed by atoms with Gasteiger partial charge in [-0.15, -0.1) is 0 Å². The molecule has 76 valence electrons. The molecule has 0 saturated carbocycles. The minimum atomic E-state index is -0.918. The highest BCUT2D eigenvalue weighted by atomic mass is 16.5. The van der Waals surface area contributed by atoms with E-state index in [1.165, 1.54) is 6.92 Å². The van der Waals surface area contributed by atoms with E-state index in [1.807, 2.05) is 30.3 Å². The summed E-state index contributed by atoms with van der Waals surface area (Å²) in [5.41, 5.74) is 1.16. The monoisotopic (exact) mass is 194 g/mol. The fourth-order valence-corrected chi connectivity index (χ4v) is 1.07. The Balaban J connectivity index is 2.26. The normalized spacial score (nSPS) is 12.4. The lowest BCUT2D eigenvalue weighted by atomic mass is 10.2. The van der Waals surface area contributed by atoms with Crippen LogP contribution in [0.15, 0.2) is 30.3 Å². The molecule has 1 rings (SSSR count). The van der Waals surface area contributed by atoms with Crippen LogP contribution in [0.4, 0.5) is 0 Å². The van der Waals surface area contributed by atoms with Gasteiger partial charge in [0, 0.05) is 0 Å². The summed E-state index contributed by atoms with van der Waals surface area (Å²) in [5, 5.41) is 8.55. The van der Waals surface area contributed by atoms with Gasteiger partial charge >= 0.3 is 5.97 Å². The molecule has 3 nitrogen and oxygen atoms in total. The first-order chi connectivity index (χ1) is 6.70. The Morgan fingerprint density at radius 1 is 1.43 bits per heavy atom. The van der Waals surface area contributed by atoms with Gasteiger partial charge in [-0.25, -0.2) is 4.79 Å². The summed E-state index contributed by atoms with van der Waals surface area (Å²) >= 11 is 0. The molecular weight excluding hydrogens is 180 g/mol. The molecule has 1 aromatic rings. The minimum Gasteiger partial charge on any atom is -0.479 e. The zero-order valence-corrected chi connectivity index (χ0v) is 8.14. The first-order valence-electron chi connectivity index (χ1n) is 4.58. The van der Waals surface area contributed by atoms with Crippen molar-refractivity contribution in [3.05, 3.63) is 35.9 Å². The Hall–Kier alpha value is -1.35. The summed E-state index contributed by atoms with van der Waals surface area (Å²) in [6.07, 6.45) is 0.0251. The first-order valence-corrected chi connectivity index (χ1v) is 4.58. The molecule has 0 fully saturated rings. The Labute approximate surface area is 83.3 Å². The SMILES string of the molecule is C[C@H](OCCc1ccccc1)C(=O)O. The van der Waals surface area contributed by atoms with Crippen molar-refractivity contribution in [3.63, 3.8) is 0 Å². The smallest absolute Gasteiger partial charge is 0.332 e. The van der Waals surface area contributed by atoms with E-state index in [0.717, 1.165) is 12.0 Å². The Kier molecular flexibility index (Phi) is 4.13. The highest BCUT2D eigenvalue weighted by Crippen LogP contribution is 2.00. The van der Waals surface area contributed by atoms with Gasteiger partial charge < -0.3 is 9.84 Å². The molecule has 14 heavy (non-hydrogen) atoms. The van der Waals surface area contributed by atoms with Crippen LogP contribution in [0.5, 0.6) is 0 Å². The zero-order chi connectivity index (χ0) is 10.4. The van der Waals surface area contributed by atoms with E-state index in [-0.39, 0.29) is 0 Å². The van der Waals surface area contributed by atoms with E-state index < -0.39 is 12.1 Å². The van der Waals surface area contributed by atoms with Crippen LogP contribution in [0.1, 0.15) is 12.5 Å². The van der Waals surface area contributed by atoms with Crippen LogP contribution in [0, 0.1) is 0 Å². The fourth-order valence-electron chi connectivity index (χ4n) is 1.07. The first kappa shape index (κ1) is 10.7. The molecule has 1 atom stereocenters. The largest absolute Gasteiger partial charge is 0.479 e. The van der Waals surface area contributed by atoms with Crippen LogP contribution in [0.3, 0.4) is 0 Å². The van der Waals surface area contributed by atoms with Gasteiger partial charge in [0.05, 0.1) is 6.61 Å². The average Bonchev–Trinajstić information content (AvgIpc) is 2.19. The van der Waals surface area contributed by atoms with E-state index in [2.05, 4.69) is 0 Å². The molecule has 0 unspecified atom stereocenters. The Morgan fingerprint density at radius 2 is 2.07 bits per heavy atom. The van der Waals surface area contributed by atoms with Crippen molar-refractivity contribution in [2.75, 3.05) is 6.61 Å². The molecule has 0 saturated heterocycles. The number of rotatable bonds is 5. The minimum absolute atomic E-state index is 0.442. The number of benzene rings is 1. The van der Waals surface area contributed by atoms with E-state index in [4.69, 9.17) is 9.84 Å². The van der Waals surface area contributed by atoms with Gasteiger partial charge in [-0.2, -0.15) is 0 Å². The molecule has 0 aliphatic rings. The van der Waals surface area contributed by atoms with Crippen molar-refractivity contribution in [2.24, 2.45) is 0 Å². The molecule has 0 aromatic heterocycles. The van der Waals surface area contributed by atoms with Crippen LogP contribution >= 0.6 is 0 Å². The maximum Gasteiger partial charge on any atom is 0.332 e.